The lowest BCUT2D eigenvalue weighted by Crippen LogP contribution is -2.37. The molecule has 1 fully saturated rings. The van der Waals surface area contributed by atoms with Crippen LogP contribution < -0.4 is 5.32 Å². The fourth-order valence-electron chi connectivity index (χ4n) is 2.62. The van der Waals surface area contributed by atoms with Gasteiger partial charge in [0.2, 0.25) is 11.8 Å². The molecule has 1 aromatic carbocycles. The summed E-state index contributed by atoms with van der Waals surface area (Å²) in [6, 6.07) is 7.63. The van der Waals surface area contributed by atoms with Gasteiger partial charge >= 0.3 is 0 Å². The Labute approximate surface area is 136 Å². The zero-order valence-electron chi connectivity index (χ0n) is 13.3. The van der Waals surface area contributed by atoms with Gasteiger partial charge in [0, 0.05) is 30.6 Å². The highest BCUT2D eigenvalue weighted by Crippen LogP contribution is 2.26. The molecule has 0 spiro atoms. The van der Waals surface area contributed by atoms with Crippen LogP contribution in [0.5, 0.6) is 0 Å². The molecule has 4 nitrogen and oxygen atoms in total. The van der Waals surface area contributed by atoms with Crippen molar-refractivity contribution in [1.29, 1.82) is 0 Å². The van der Waals surface area contributed by atoms with E-state index in [4.69, 9.17) is 0 Å². The second kappa shape index (κ2) is 8.22. The van der Waals surface area contributed by atoms with Gasteiger partial charge in [-0.05, 0) is 44.0 Å². The van der Waals surface area contributed by atoms with Crippen LogP contribution in [-0.4, -0.2) is 35.1 Å². The summed E-state index contributed by atoms with van der Waals surface area (Å²) in [4.78, 5) is 26.6. The standard InChI is InChI=1S/C17H24N2O2S/c1-13(17(21)19-11-5-3-4-6-12-19)22-16-9-7-15(8-10-16)18-14(2)20/h7-10,13H,3-6,11-12H2,1-2H3,(H,18,20). The summed E-state index contributed by atoms with van der Waals surface area (Å²) in [5, 5.41) is 2.66. The number of hydrogen-bond acceptors (Lipinski definition) is 3. The van der Waals surface area contributed by atoms with Gasteiger partial charge in [0.15, 0.2) is 0 Å². The molecule has 2 rings (SSSR count). The minimum Gasteiger partial charge on any atom is -0.342 e. The van der Waals surface area contributed by atoms with Crippen molar-refractivity contribution in [2.24, 2.45) is 0 Å². The Morgan fingerprint density at radius 1 is 1.09 bits per heavy atom. The van der Waals surface area contributed by atoms with Crippen molar-refractivity contribution < 1.29 is 9.59 Å². The van der Waals surface area contributed by atoms with Crippen LogP contribution in [0.25, 0.3) is 0 Å². The van der Waals surface area contributed by atoms with Crippen molar-refractivity contribution in [3.8, 4) is 0 Å². The lowest BCUT2D eigenvalue weighted by atomic mass is 10.2. The average molecular weight is 320 g/mol. The van der Waals surface area contributed by atoms with E-state index >= 15 is 0 Å². The van der Waals surface area contributed by atoms with Gasteiger partial charge in [-0.1, -0.05) is 12.8 Å². The molecule has 0 aliphatic carbocycles. The topological polar surface area (TPSA) is 49.4 Å². The van der Waals surface area contributed by atoms with Crippen LogP contribution in [-0.2, 0) is 9.59 Å². The molecule has 5 heteroatoms. The number of hydrogen-bond donors (Lipinski definition) is 1. The number of rotatable bonds is 4. The fraction of sp³-hybridized carbons (Fsp3) is 0.529. The Bertz CT molecular complexity index is 508. The number of anilines is 1. The molecule has 1 aliphatic rings. The molecule has 1 saturated heterocycles. The molecule has 1 atom stereocenters. The number of carbonyl (C=O) groups excluding carboxylic acids is 2. The Balaban J connectivity index is 1.91. The third-order valence-corrected chi connectivity index (χ3v) is 4.85. The summed E-state index contributed by atoms with van der Waals surface area (Å²) >= 11 is 1.58. The minimum absolute atomic E-state index is 0.0786. The lowest BCUT2D eigenvalue weighted by Gasteiger charge is -2.23. The van der Waals surface area contributed by atoms with Gasteiger partial charge in [0.05, 0.1) is 5.25 Å². The molecule has 120 valence electrons. The second-order valence-electron chi connectivity index (χ2n) is 5.71. The Hall–Kier alpha value is -1.49. The monoisotopic (exact) mass is 320 g/mol. The summed E-state index contributed by atoms with van der Waals surface area (Å²) < 4.78 is 0. The molecule has 0 radical (unpaired) electrons. The zero-order chi connectivity index (χ0) is 15.9. The van der Waals surface area contributed by atoms with E-state index in [2.05, 4.69) is 5.32 Å². The lowest BCUT2D eigenvalue weighted by molar-refractivity contribution is -0.130. The van der Waals surface area contributed by atoms with E-state index in [1.807, 2.05) is 36.1 Å². The van der Waals surface area contributed by atoms with Gasteiger partial charge in [-0.2, -0.15) is 0 Å². The Kier molecular flexibility index (Phi) is 6.31. The van der Waals surface area contributed by atoms with Crippen LogP contribution in [0.2, 0.25) is 0 Å². The Morgan fingerprint density at radius 2 is 1.68 bits per heavy atom. The van der Waals surface area contributed by atoms with Crippen molar-refractivity contribution >= 4 is 29.3 Å². The number of likely N-dealkylation sites (tertiary alicyclic amines) is 1. The van der Waals surface area contributed by atoms with E-state index in [0.29, 0.717) is 0 Å². The number of benzene rings is 1. The van der Waals surface area contributed by atoms with Gasteiger partial charge in [0.25, 0.3) is 0 Å². The Morgan fingerprint density at radius 3 is 2.23 bits per heavy atom. The SMILES string of the molecule is CC(=O)Nc1ccc(SC(C)C(=O)N2CCCCCC2)cc1. The third-order valence-electron chi connectivity index (χ3n) is 3.75. The first-order valence-corrected chi connectivity index (χ1v) is 8.77. The number of carbonyl (C=O) groups is 2. The van der Waals surface area contributed by atoms with E-state index in [1.165, 1.54) is 19.8 Å². The highest BCUT2D eigenvalue weighted by atomic mass is 32.2. The molecule has 22 heavy (non-hydrogen) atoms. The van der Waals surface area contributed by atoms with Crippen molar-refractivity contribution in [2.45, 2.75) is 49.7 Å². The quantitative estimate of drug-likeness (QED) is 0.864. The minimum atomic E-state index is -0.0790. The van der Waals surface area contributed by atoms with Gasteiger partial charge in [-0.25, -0.2) is 0 Å². The number of thioether (sulfide) groups is 1. The van der Waals surface area contributed by atoms with Crippen molar-refractivity contribution in [3.05, 3.63) is 24.3 Å². The molecule has 0 bridgehead atoms. The maximum absolute atomic E-state index is 12.5. The van der Waals surface area contributed by atoms with Gasteiger partial charge < -0.3 is 10.2 Å². The molecule has 2 amide bonds. The summed E-state index contributed by atoms with van der Waals surface area (Å²) in [7, 11) is 0. The largest absolute Gasteiger partial charge is 0.342 e. The molecular weight excluding hydrogens is 296 g/mol. The summed E-state index contributed by atoms with van der Waals surface area (Å²) in [6.45, 7) is 5.25. The van der Waals surface area contributed by atoms with Crippen LogP contribution in [0.3, 0.4) is 0 Å². The molecule has 1 aliphatic heterocycles. The van der Waals surface area contributed by atoms with E-state index in [9.17, 15) is 9.59 Å². The smallest absolute Gasteiger partial charge is 0.235 e. The number of nitrogens with zero attached hydrogens (tertiary/aromatic N) is 1. The first kappa shape index (κ1) is 16.9. The van der Waals surface area contributed by atoms with Gasteiger partial charge in [-0.3, -0.25) is 9.59 Å². The highest BCUT2D eigenvalue weighted by molar-refractivity contribution is 8.00. The predicted octanol–water partition coefficient (Wildman–Crippen LogP) is 3.53. The zero-order valence-corrected chi connectivity index (χ0v) is 14.1. The molecule has 1 N–H and O–H groups in total. The molecule has 1 aromatic rings. The van der Waals surface area contributed by atoms with E-state index in [0.717, 1.165) is 36.5 Å². The molecule has 0 saturated carbocycles. The second-order valence-corrected chi connectivity index (χ2v) is 7.12. The fourth-order valence-corrected chi connectivity index (χ4v) is 3.57. The number of nitrogens with one attached hydrogen (secondary N) is 1. The normalized spacial score (nSPS) is 16.7. The van der Waals surface area contributed by atoms with Crippen LogP contribution in [0.1, 0.15) is 39.5 Å². The van der Waals surface area contributed by atoms with E-state index in [-0.39, 0.29) is 17.1 Å². The van der Waals surface area contributed by atoms with Crippen LogP contribution in [0.15, 0.2) is 29.2 Å². The van der Waals surface area contributed by atoms with E-state index < -0.39 is 0 Å². The van der Waals surface area contributed by atoms with Crippen molar-refractivity contribution in [2.75, 3.05) is 18.4 Å². The molecule has 1 unspecified atom stereocenters. The van der Waals surface area contributed by atoms with Crippen LogP contribution in [0.4, 0.5) is 5.69 Å². The summed E-state index contributed by atoms with van der Waals surface area (Å²) in [5.41, 5.74) is 0.781. The van der Waals surface area contributed by atoms with Gasteiger partial charge in [-0.15, -0.1) is 11.8 Å². The maximum atomic E-state index is 12.5. The maximum Gasteiger partial charge on any atom is 0.235 e. The van der Waals surface area contributed by atoms with Gasteiger partial charge in [0.1, 0.15) is 0 Å². The summed E-state index contributed by atoms with van der Waals surface area (Å²) in [5.74, 6) is 0.156. The van der Waals surface area contributed by atoms with E-state index in [1.54, 1.807) is 11.8 Å². The van der Waals surface area contributed by atoms with Crippen molar-refractivity contribution in [3.63, 3.8) is 0 Å². The highest BCUT2D eigenvalue weighted by Gasteiger charge is 2.22. The third kappa shape index (κ3) is 5.05. The van der Waals surface area contributed by atoms with Crippen LogP contribution in [0, 0.1) is 0 Å². The molecule has 1 heterocycles. The first-order chi connectivity index (χ1) is 10.6. The predicted molar refractivity (Wildman–Crippen MR) is 91.1 cm³/mol. The number of amides is 2. The van der Waals surface area contributed by atoms with Crippen molar-refractivity contribution in [1.82, 2.24) is 4.90 Å². The first-order valence-electron chi connectivity index (χ1n) is 7.89. The molecular formula is C17H24N2O2S. The van der Waals surface area contributed by atoms with Crippen LogP contribution >= 0.6 is 11.8 Å². The average Bonchev–Trinajstić information content (AvgIpc) is 2.77. The molecule has 0 aromatic heterocycles. The summed E-state index contributed by atoms with van der Waals surface area (Å²) in [6.07, 6.45) is 4.70.